The number of rotatable bonds is 2. The maximum Gasteiger partial charge on any atom is 1.00 e. The maximum atomic E-state index is 12.0. The molecular formula is C6H7BF3KN2O2. The number of nitrogens with zero attached hydrogens (tertiary/aromatic N) is 1. The number of aromatic amines is 1. The first-order chi connectivity index (χ1) is 6.29. The fourth-order valence-electron chi connectivity index (χ4n) is 0.977. The van der Waals surface area contributed by atoms with Gasteiger partial charge in [-0.05, 0) is 13.4 Å². The second kappa shape index (κ2) is 5.48. The van der Waals surface area contributed by atoms with Gasteiger partial charge in [-0.1, -0.05) is 0 Å². The number of aromatic nitrogens is 2. The Morgan fingerprint density at radius 1 is 1.40 bits per heavy atom. The summed E-state index contributed by atoms with van der Waals surface area (Å²) in [5.41, 5.74) is -1.63. The molecule has 1 rings (SSSR count). The molecule has 0 saturated heterocycles. The standard InChI is InChI=1S/C6H7BF3N2O2.K/c1-4-2-12(3-7(8,9)10)6(14)11-5(4)13;/h2H,3H2,1H3,(H,11,13,14);/q-1;+1. The van der Waals surface area contributed by atoms with Crippen LogP contribution < -0.4 is 62.6 Å². The minimum Gasteiger partial charge on any atom is -0.448 e. The van der Waals surface area contributed by atoms with Crippen molar-refractivity contribution in [3.05, 3.63) is 32.6 Å². The smallest absolute Gasteiger partial charge is 0.448 e. The van der Waals surface area contributed by atoms with Gasteiger partial charge in [0.25, 0.3) is 5.56 Å². The molecule has 0 aromatic carbocycles. The van der Waals surface area contributed by atoms with Gasteiger partial charge in [-0.2, -0.15) is 0 Å². The zero-order valence-corrected chi connectivity index (χ0v) is 11.4. The molecule has 1 aromatic rings. The largest absolute Gasteiger partial charge is 1.00 e. The van der Waals surface area contributed by atoms with Crippen molar-refractivity contribution in [2.45, 2.75) is 13.4 Å². The van der Waals surface area contributed by atoms with Gasteiger partial charge in [-0.25, -0.2) is 4.79 Å². The van der Waals surface area contributed by atoms with Crippen LogP contribution in [0.15, 0.2) is 15.8 Å². The summed E-state index contributed by atoms with van der Waals surface area (Å²) >= 11 is 0. The van der Waals surface area contributed by atoms with Crippen molar-refractivity contribution >= 4 is 6.98 Å². The molecule has 0 unspecified atom stereocenters. The summed E-state index contributed by atoms with van der Waals surface area (Å²) in [4.78, 5) is 23.5. The van der Waals surface area contributed by atoms with Crippen molar-refractivity contribution in [2.24, 2.45) is 0 Å². The molecule has 0 amide bonds. The van der Waals surface area contributed by atoms with E-state index in [4.69, 9.17) is 0 Å². The molecule has 1 aromatic heterocycles. The van der Waals surface area contributed by atoms with Crippen LogP contribution in [0, 0.1) is 6.92 Å². The molecule has 15 heavy (non-hydrogen) atoms. The molecule has 9 heteroatoms. The molecule has 1 heterocycles. The van der Waals surface area contributed by atoms with Crippen LogP contribution >= 0.6 is 0 Å². The van der Waals surface area contributed by atoms with Gasteiger partial charge < -0.3 is 17.5 Å². The van der Waals surface area contributed by atoms with E-state index in [1.165, 1.54) is 6.92 Å². The SMILES string of the molecule is Cc1cn(C[B-](F)(F)F)c(=O)[nH]c1=O.[K+]. The molecule has 0 aliphatic rings. The Balaban J connectivity index is 0.00000196. The van der Waals surface area contributed by atoms with Gasteiger partial charge in [0.2, 0.25) is 0 Å². The van der Waals surface area contributed by atoms with Crippen LogP contribution in [0.5, 0.6) is 0 Å². The number of hydrogen-bond donors (Lipinski definition) is 1. The third-order valence-electron chi connectivity index (χ3n) is 1.59. The van der Waals surface area contributed by atoms with E-state index in [0.29, 0.717) is 4.57 Å². The fourth-order valence-corrected chi connectivity index (χ4v) is 0.977. The number of hydrogen-bond acceptors (Lipinski definition) is 2. The van der Waals surface area contributed by atoms with Crippen molar-refractivity contribution < 1.29 is 64.3 Å². The normalized spacial score (nSPS) is 10.9. The van der Waals surface area contributed by atoms with Crippen LogP contribution in [-0.4, -0.2) is 16.5 Å². The van der Waals surface area contributed by atoms with E-state index in [2.05, 4.69) is 0 Å². The molecule has 0 radical (unpaired) electrons. The third kappa shape index (κ3) is 4.68. The quantitative estimate of drug-likeness (QED) is 0.574. The molecule has 1 N–H and O–H groups in total. The van der Waals surface area contributed by atoms with Crippen LogP contribution in [0.25, 0.3) is 0 Å². The molecule has 78 valence electrons. The Hall–Kier alpha value is 0.171. The second-order valence-electron chi connectivity index (χ2n) is 2.93. The summed E-state index contributed by atoms with van der Waals surface area (Å²) in [6.45, 7) is -3.75. The van der Waals surface area contributed by atoms with E-state index < -0.39 is 24.7 Å². The zero-order chi connectivity index (χ0) is 10.9. The summed E-state index contributed by atoms with van der Waals surface area (Å²) in [7, 11) is 0. The van der Waals surface area contributed by atoms with Gasteiger partial charge in [0, 0.05) is 11.8 Å². The zero-order valence-electron chi connectivity index (χ0n) is 8.26. The van der Waals surface area contributed by atoms with Gasteiger partial charge in [-0.15, -0.1) is 0 Å². The summed E-state index contributed by atoms with van der Waals surface area (Å²) in [6.07, 6.45) is -0.438. The Morgan fingerprint density at radius 3 is 2.40 bits per heavy atom. The van der Waals surface area contributed by atoms with E-state index in [1.807, 2.05) is 0 Å². The Kier molecular flexibility index (Phi) is 5.55. The monoisotopic (exact) mass is 246 g/mol. The number of aryl methyl sites for hydroxylation is 1. The second-order valence-corrected chi connectivity index (χ2v) is 2.93. The Labute approximate surface area is 125 Å². The van der Waals surface area contributed by atoms with Gasteiger partial charge in [0.1, 0.15) is 0 Å². The van der Waals surface area contributed by atoms with E-state index >= 15 is 0 Å². The first-order valence-corrected chi connectivity index (χ1v) is 3.81. The van der Waals surface area contributed by atoms with E-state index in [-0.39, 0.29) is 56.9 Å². The average molecular weight is 246 g/mol. The Morgan fingerprint density at radius 2 is 1.93 bits per heavy atom. The predicted octanol–water partition coefficient (Wildman–Crippen LogP) is -2.76. The van der Waals surface area contributed by atoms with Gasteiger partial charge in [-0.3, -0.25) is 9.78 Å². The topological polar surface area (TPSA) is 54.9 Å². The van der Waals surface area contributed by atoms with Crippen LogP contribution in [0.4, 0.5) is 12.9 Å². The van der Waals surface area contributed by atoms with Crippen molar-refractivity contribution in [2.75, 3.05) is 0 Å². The van der Waals surface area contributed by atoms with Gasteiger partial charge in [0.05, 0.1) is 0 Å². The molecule has 0 bridgehead atoms. The predicted molar refractivity (Wildman–Crippen MR) is 45.1 cm³/mol. The molecule has 0 fully saturated rings. The number of nitrogens with one attached hydrogen (secondary N) is 1. The van der Waals surface area contributed by atoms with Gasteiger partial charge in [0.15, 0.2) is 0 Å². The average Bonchev–Trinajstić information content (AvgIpc) is 1.97. The minimum absolute atomic E-state index is 0. The first kappa shape index (κ1) is 15.2. The van der Waals surface area contributed by atoms with Crippen LogP contribution in [0.1, 0.15) is 5.56 Å². The summed E-state index contributed by atoms with van der Waals surface area (Å²) in [6, 6.07) is 0. The number of H-pyrrole nitrogens is 1. The van der Waals surface area contributed by atoms with Gasteiger partial charge >= 0.3 is 64.1 Å². The van der Waals surface area contributed by atoms with E-state index in [1.54, 1.807) is 4.98 Å². The van der Waals surface area contributed by atoms with Crippen molar-refractivity contribution in [1.82, 2.24) is 9.55 Å². The molecule has 0 saturated carbocycles. The summed E-state index contributed by atoms with van der Waals surface area (Å²) in [5, 5.41) is 0. The Bertz CT molecular complexity index is 453. The molecule has 0 atom stereocenters. The maximum absolute atomic E-state index is 12.0. The summed E-state index contributed by atoms with van der Waals surface area (Å²) in [5.74, 6) is 0. The molecular weight excluding hydrogens is 239 g/mol. The van der Waals surface area contributed by atoms with Crippen LogP contribution in [-0.2, 0) is 6.44 Å². The third-order valence-corrected chi connectivity index (χ3v) is 1.59. The molecule has 0 aliphatic heterocycles. The van der Waals surface area contributed by atoms with Crippen LogP contribution in [0.2, 0.25) is 0 Å². The number of halogens is 3. The minimum atomic E-state index is -5.09. The van der Waals surface area contributed by atoms with Crippen molar-refractivity contribution in [3.8, 4) is 0 Å². The molecule has 0 aliphatic carbocycles. The first-order valence-electron chi connectivity index (χ1n) is 3.81. The molecule has 4 nitrogen and oxygen atoms in total. The van der Waals surface area contributed by atoms with Crippen molar-refractivity contribution in [3.63, 3.8) is 0 Å². The van der Waals surface area contributed by atoms with E-state index in [9.17, 15) is 22.5 Å². The molecule has 0 spiro atoms. The van der Waals surface area contributed by atoms with E-state index in [0.717, 1.165) is 6.20 Å². The fraction of sp³-hybridized carbons (Fsp3) is 0.333. The summed E-state index contributed by atoms with van der Waals surface area (Å²) < 4.78 is 36.3. The van der Waals surface area contributed by atoms with Crippen LogP contribution in [0.3, 0.4) is 0 Å². The van der Waals surface area contributed by atoms with Crippen molar-refractivity contribution in [1.29, 1.82) is 0 Å².